The number of nitro benzene ring substituents is 1. The molecule has 0 unspecified atom stereocenters. The van der Waals surface area contributed by atoms with Crippen LogP contribution in [-0.4, -0.2) is 40.7 Å². The van der Waals surface area contributed by atoms with Crippen LogP contribution < -0.4 is 20.9 Å². The van der Waals surface area contributed by atoms with Gasteiger partial charge in [0.2, 0.25) is 5.96 Å². The van der Waals surface area contributed by atoms with E-state index >= 15 is 0 Å². The molecular weight excluding hydrogens is 374 g/mol. The van der Waals surface area contributed by atoms with Gasteiger partial charge in [-0.25, -0.2) is 4.98 Å². The number of aromatic nitrogens is 2. The molecular formula is C15H15N7O4S. The second-order valence-corrected chi connectivity index (χ2v) is 6.03. The summed E-state index contributed by atoms with van der Waals surface area (Å²) < 4.78 is 12.2. The third kappa shape index (κ3) is 3.37. The lowest BCUT2D eigenvalue weighted by atomic mass is 10.1. The van der Waals surface area contributed by atoms with E-state index in [0.29, 0.717) is 22.1 Å². The summed E-state index contributed by atoms with van der Waals surface area (Å²) in [7, 11) is 2.85. The van der Waals surface area contributed by atoms with Crippen LogP contribution in [0.5, 0.6) is 11.5 Å². The summed E-state index contributed by atoms with van der Waals surface area (Å²) in [6.07, 6.45) is 3.14. The van der Waals surface area contributed by atoms with Gasteiger partial charge in [0.25, 0.3) is 5.69 Å². The van der Waals surface area contributed by atoms with Crippen LogP contribution in [0.1, 0.15) is 5.69 Å². The number of benzene rings is 1. The standard InChI is InChI=1S/C15H15N7O4S/c1-25-11-5-8(9(22(23)24)6-12(11)26-2)13-10(7-18-20-14(16)17)21-3-4-27-15(21)19-13/h3-7H,1-2H3,(H4,16,17,20)/b18-7+. The zero-order valence-corrected chi connectivity index (χ0v) is 15.1. The van der Waals surface area contributed by atoms with E-state index in [1.54, 1.807) is 10.6 Å². The van der Waals surface area contributed by atoms with Crippen molar-refractivity contribution < 1.29 is 14.4 Å². The predicted molar refractivity (Wildman–Crippen MR) is 102 cm³/mol. The Balaban J connectivity index is 2.28. The highest BCUT2D eigenvalue weighted by Gasteiger charge is 2.25. The number of hydrogen-bond acceptors (Lipinski definition) is 8. The van der Waals surface area contributed by atoms with Crippen molar-refractivity contribution in [2.24, 2.45) is 21.7 Å². The van der Waals surface area contributed by atoms with E-state index < -0.39 is 4.92 Å². The van der Waals surface area contributed by atoms with Gasteiger partial charge in [-0.3, -0.25) is 14.5 Å². The number of hydrogen-bond donors (Lipinski definition) is 2. The zero-order valence-electron chi connectivity index (χ0n) is 14.3. The van der Waals surface area contributed by atoms with Crippen LogP contribution in [0.2, 0.25) is 0 Å². The Morgan fingerprint density at radius 2 is 2.04 bits per heavy atom. The SMILES string of the molecule is COc1cc(-c2nc3sccn3c2/C=N/N=C(N)N)c([N+](=O)[O-])cc1OC. The van der Waals surface area contributed by atoms with Crippen molar-refractivity contribution in [3.05, 3.63) is 39.5 Å². The number of imidazole rings is 1. The van der Waals surface area contributed by atoms with Crippen molar-refractivity contribution in [2.75, 3.05) is 14.2 Å². The molecule has 27 heavy (non-hydrogen) atoms. The van der Waals surface area contributed by atoms with E-state index in [0.717, 1.165) is 0 Å². The summed E-state index contributed by atoms with van der Waals surface area (Å²) in [5.41, 5.74) is 11.4. The summed E-state index contributed by atoms with van der Waals surface area (Å²) in [5.74, 6) is 0.363. The monoisotopic (exact) mass is 389 g/mol. The number of nitrogens with zero attached hydrogens (tertiary/aromatic N) is 5. The highest BCUT2D eigenvalue weighted by molar-refractivity contribution is 7.15. The fourth-order valence-electron chi connectivity index (χ4n) is 2.48. The molecule has 0 amide bonds. The smallest absolute Gasteiger partial charge is 0.282 e. The van der Waals surface area contributed by atoms with Crippen LogP contribution >= 0.6 is 11.3 Å². The van der Waals surface area contributed by atoms with E-state index in [1.165, 1.54) is 43.9 Å². The first-order valence-electron chi connectivity index (χ1n) is 7.44. The molecule has 2 aromatic heterocycles. The molecule has 0 fully saturated rings. The van der Waals surface area contributed by atoms with E-state index in [9.17, 15) is 10.1 Å². The molecule has 4 N–H and O–H groups in total. The number of fused-ring (bicyclic) bond motifs is 1. The van der Waals surface area contributed by atoms with Crippen molar-refractivity contribution in [1.29, 1.82) is 0 Å². The number of nitro groups is 1. The van der Waals surface area contributed by atoms with Crippen molar-refractivity contribution in [3.8, 4) is 22.8 Å². The van der Waals surface area contributed by atoms with Gasteiger partial charge in [-0.2, -0.15) is 5.10 Å². The number of ether oxygens (including phenoxy) is 2. The zero-order chi connectivity index (χ0) is 19.6. The van der Waals surface area contributed by atoms with Crippen LogP contribution in [0.3, 0.4) is 0 Å². The average Bonchev–Trinajstić information content (AvgIpc) is 3.22. The van der Waals surface area contributed by atoms with Crippen LogP contribution in [0.4, 0.5) is 5.69 Å². The molecule has 0 spiro atoms. The maximum Gasteiger partial charge on any atom is 0.282 e. The number of guanidine groups is 1. The molecule has 1 aromatic carbocycles. The Labute approximate surface area is 156 Å². The maximum absolute atomic E-state index is 11.6. The molecule has 0 aliphatic rings. The van der Waals surface area contributed by atoms with Gasteiger partial charge in [-0.15, -0.1) is 16.4 Å². The number of thiazole rings is 1. The summed E-state index contributed by atoms with van der Waals surface area (Å²) >= 11 is 1.37. The molecule has 0 atom stereocenters. The molecule has 0 radical (unpaired) electrons. The molecule has 3 rings (SSSR count). The largest absolute Gasteiger partial charge is 0.493 e. The maximum atomic E-state index is 11.6. The fraction of sp³-hybridized carbons (Fsp3) is 0.133. The topological polar surface area (TPSA) is 156 Å². The normalized spacial score (nSPS) is 11.0. The molecule has 0 bridgehead atoms. The lowest BCUT2D eigenvalue weighted by molar-refractivity contribution is -0.384. The molecule has 2 heterocycles. The van der Waals surface area contributed by atoms with Gasteiger partial charge < -0.3 is 20.9 Å². The van der Waals surface area contributed by atoms with E-state index in [4.69, 9.17) is 20.9 Å². The summed E-state index contributed by atoms with van der Waals surface area (Å²) in [4.78, 5) is 16.2. The Hall–Kier alpha value is -3.67. The predicted octanol–water partition coefficient (Wildman–Crippen LogP) is 1.60. The van der Waals surface area contributed by atoms with Gasteiger partial charge in [-0.05, 0) is 0 Å². The van der Waals surface area contributed by atoms with Crippen LogP contribution in [0.15, 0.2) is 33.9 Å². The molecule has 0 saturated carbocycles. The Morgan fingerprint density at radius 3 is 2.67 bits per heavy atom. The van der Waals surface area contributed by atoms with Gasteiger partial charge in [0.1, 0.15) is 5.69 Å². The molecule has 3 aromatic rings. The van der Waals surface area contributed by atoms with Gasteiger partial charge in [0, 0.05) is 17.6 Å². The van der Waals surface area contributed by atoms with Crippen molar-refractivity contribution in [3.63, 3.8) is 0 Å². The van der Waals surface area contributed by atoms with Gasteiger partial charge in [0.15, 0.2) is 16.5 Å². The minimum Gasteiger partial charge on any atom is -0.493 e. The second-order valence-electron chi connectivity index (χ2n) is 5.15. The quantitative estimate of drug-likeness (QED) is 0.280. The molecule has 0 aliphatic heterocycles. The van der Waals surface area contributed by atoms with Crippen molar-refractivity contribution in [2.45, 2.75) is 0 Å². The van der Waals surface area contributed by atoms with Crippen molar-refractivity contribution in [1.82, 2.24) is 9.38 Å². The van der Waals surface area contributed by atoms with Gasteiger partial charge >= 0.3 is 0 Å². The van der Waals surface area contributed by atoms with E-state index in [2.05, 4.69) is 15.2 Å². The lowest BCUT2D eigenvalue weighted by Crippen LogP contribution is -2.21. The number of methoxy groups -OCH3 is 2. The minimum atomic E-state index is -0.512. The van der Waals surface area contributed by atoms with Gasteiger partial charge in [-0.1, -0.05) is 0 Å². The first-order chi connectivity index (χ1) is 13.0. The third-order valence-corrected chi connectivity index (χ3v) is 4.36. The van der Waals surface area contributed by atoms with Crippen LogP contribution in [0, 0.1) is 10.1 Å². The Kier molecular flexibility index (Phi) is 4.90. The Morgan fingerprint density at radius 1 is 1.33 bits per heavy atom. The third-order valence-electron chi connectivity index (χ3n) is 3.61. The fourth-order valence-corrected chi connectivity index (χ4v) is 3.21. The highest BCUT2D eigenvalue weighted by atomic mass is 32.1. The van der Waals surface area contributed by atoms with Crippen LogP contribution in [-0.2, 0) is 0 Å². The van der Waals surface area contributed by atoms with E-state index in [1.807, 2.05) is 5.38 Å². The Bertz CT molecular complexity index is 1070. The molecule has 11 nitrogen and oxygen atoms in total. The number of nitrogens with two attached hydrogens (primary N) is 2. The molecule has 0 saturated heterocycles. The molecule has 0 aliphatic carbocycles. The van der Waals surface area contributed by atoms with Gasteiger partial charge in [0.05, 0.1) is 42.7 Å². The van der Waals surface area contributed by atoms with Crippen LogP contribution in [0.25, 0.3) is 16.2 Å². The van der Waals surface area contributed by atoms with Crippen molar-refractivity contribution >= 4 is 34.2 Å². The average molecular weight is 389 g/mol. The first kappa shape index (κ1) is 18.1. The summed E-state index contributed by atoms with van der Waals surface area (Å²) in [6, 6.07) is 2.79. The highest BCUT2D eigenvalue weighted by Crippen LogP contribution is 2.40. The summed E-state index contributed by atoms with van der Waals surface area (Å²) in [6.45, 7) is 0. The number of rotatable bonds is 6. The molecule has 12 heteroatoms. The lowest BCUT2D eigenvalue weighted by Gasteiger charge is -2.10. The summed E-state index contributed by atoms with van der Waals surface area (Å²) in [5, 5.41) is 20.8. The molecule has 140 valence electrons. The first-order valence-corrected chi connectivity index (χ1v) is 8.32. The minimum absolute atomic E-state index is 0.185. The second kappa shape index (κ2) is 7.29. The van der Waals surface area contributed by atoms with E-state index in [-0.39, 0.29) is 23.0 Å².